The highest BCUT2D eigenvalue weighted by Gasteiger charge is 2.65. The van der Waals surface area contributed by atoms with Gasteiger partial charge in [-0.3, -0.25) is 4.79 Å². The molecule has 150 valence electrons. The molecule has 3 aliphatic rings. The second-order valence-corrected chi connectivity index (χ2v) is 7.53. The number of fused-ring (bicyclic) bond motifs is 2. The molecule has 0 saturated carbocycles. The molecular weight excluding hydrogens is 372 g/mol. The molecule has 3 heterocycles. The average Bonchev–Trinajstić information content (AvgIpc) is 3.33. The van der Waals surface area contributed by atoms with E-state index in [-0.39, 0.29) is 24.1 Å². The minimum absolute atomic E-state index is 0.158. The third-order valence-electron chi connectivity index (χ3n) is 5.46. The van der Waals surface area contributed by atoms with E-state index in [1.54, 1.807) is 19.1 Å². The van der Waals surface area contributed by atoms with Crippen LogP contribution < -0.4 is 0 Å². The molecule has 2 aromatic carbocycles. The Morgan fingerprint density at radius 1 is 1.21 bits per heavy atom. The molecule has 0 radical (unpaired) electrons. The van der Waals surface area contributed by atoms with E-state index in [0.717, 1.165) is 16.3 Å². The quantitative estimate of drug-likeness (QED) is 0.635. The predicted molar refractivity (Wildman–Crippen MR) is 107 cm³/mol. The van der Waals surface area contributed by atoms with Crippen molar-refractivity contribution in [2.75, 3.05) is 0 Å². The van der Waals surface area contributed by atoms with Crippen LogP contribution in [0.2, 0.25) is 0 Å². The van der Waals surface area contributed by atoms with Crippen molar-refractivity contribution in [2.24, 2.45) is 5.92 Å². The van der Waals surface area contributed by atoms with Crippen LogP contribution in [0.25, 0.3) is 16.8 Å². The largest absolute Gasteiger partial charge is 0.508 e. The number of carbonyl (C=O) groups excluding carboxylic acids is 2. The lowest BCUT2D eigenvalue weighted by Gasteiger charge is -2.22. The summed E-state index contributed by atoms with van der Waals surface area (Å²) in [5.74, 6) is -0.541. The molecule has 5 rings (SSSR count). The Bertz CT molecular complexity index is 1010. The SMILES string of the molecule is C=C(C)C(=O)OC1C2CC3C(=O)OC1C3O2.C=Cc1ccc2cc(O)ccc2c1. The van der Waals surface area contributed by atoms with Gasteiger partial charge in [-0.05, 0) is 47.9 Å². The summed E-state index contributed by atoms with van der Waals surface area (Å²) in [7, 11) is 0. The molecule has 3 fully saturated rings. The predicted octanol–water partition coefficient (Wildman–Crippen LogP) is 3.38. The second kappa shape index (κ2) is 7.37. The van der Waals surface area contributed by atoms with E-state index in [0.29, 0.717) is 17.7 Å². The van der Waals surface area contributed by atoms with E-state index in [9.17, 15) is 14.7 Å². The van der Waals surface area contributed by atoms with Crippen LogP contribution >= 0.6 is 0 Å². The summed E-state index contributed by atoms with van der Waals surface area (Å²) >= 11 is 0. The molecule has 1 N–H and O–H groups in total. The number of rotatable bonds is 3. The fraction of sp³-hybridized carbons (Fsp3) is 0.304. The summed E-state index contributed by atoms with van der Waals surface area (Å²) in [4.78, 5) is 22.8. The number of hydrogen-bond donors (Lipinski definition) is 1. The van der Waals surface area contributed by atoms with Crippen LogP contribution in [0.1, 0.15) is 18.9 Å². The lowest BCUT2D eigenvalue weighted by molar-refractivity contribution is -0.157. The zero-order valence-electron chi connectivity index (χ0n) is 16.0. The lowest BCUT2D eigenvalue weighted by atomic mass is 9.88. The molecule has 0 aliphatic carbocycles. The first-order valence-electron chi connectivity index (χ1n) is 9.45. The van der Waals surface area contributed by atoms with Crippen LogP contribution in [-0.2, 0) is 23.8 Å². The van der Waals surface area contributed by atoms with E-state index >= 15 is 0 Å². The van der Waals surface area contributed by atoms with Crippen LogP contribution in [0, 0.1) is 5.92 Å². The van der Waals surface area contributed by atoms with Gasteiger partial charge in [0.1, 0.15) is 11.9 Å². The van der Waals surface area contributed by atoms with Gasteiger partial charge in [0.15, 0.2) is 12.2 Å². The highest BCUT2D eigenvalue weighted by molar-refractivity contribution is 5.87. The minimum atomic E-state index is -0.461. The van der Waals surface area contributed by atoms with Crippen molar-refractivity contribution >= 4 is 28.8 Å². The van der Waals surface area contributed by atoms with Gasteiger partial charge in [0.25, 0.3) is 0 Å². The maximum atomic E-state index is 11.4. The van der Waals surface area contributed by atoms with Crippen molar-refractivity contribution in [1.82, 2.24) is 0 Å². The fourth-order valence-electron chi connectivity index (χ4n) is 3.98. The Morgan fingerprint density at radius 3 is 2.66 bits per heavy atom. The molecule has 0 spiro atoms. The number of esters is 2. The summed E-state index contributed by atoms with van der Waals surface area (Å²) < 4.78 is 16.0. The van der Waals surface area contributed by atoms with E-state index in [2.05, 4.69) is 13.2 Å². The topological polar surface area (TPSA) is 82.1 Å². The van der Waals surface area contributed by atoms with E-state index in [4.69, 9.17) is 14.2 Å². The van der Waals surface area contributed by atoms with Crippen molar-refractivity contribution in [3.63, 3.8) is 0 Å². The number of benzene rings is 2. The second-order valence-electron chi connectivity index (χ2n) is 7.53. The Labute approximate surface area is 168 Å². The highest BCUT2D eigenvalue weighted by atomic mass is 16.7. The summed E-state index contributed by atoms with van der Waals surface area (Å²) in [5, 5.41) is 11.4. The number of carbonyl (C=O) groups is 2. The smallest absolute Gasteiger partial charge is 0.333 e. The van der Waals surface area contributed by atoms with Crippen LogP contribution in [0.5, 0.6) is 5.75 Å². The van der Waals surface area contributed by atoms with E-state index in [1.807, 2.05) is 30.3 Å². The molecule has 29 heavy (non-hydrogen) atoms. The van der Waals surface area contributed by atoms with Gasteiger partial charge in [-0.25, -0.2) is 4.79 Å². The van der Waals surface area contributed by atoms with Gasteiger partial charge in [0.05, 0.1) is 12.0 Å². The Hall–Kier alpha value is -3.12. The number of phenolic OH excluding ortho intramolecular Hbond substituents is 1. The molecule has 0 aromatic heterocycles. The van der Waals surface area contributed by atoms with Gasteiger partial charge in [0, 0.05) is 5.57 Å². The van der Waals surface area contributed by atoms with Gasteiger partial charge >= 0.3 is 11.9 Å². The zero-order valence-corrected chi connectivity index (χ0v) is 16.0. The third-order valence-corrected chi connectivity index (χ3v) is 5.46. The maximum Gasteiger partial charge on any atom is 0.333 e. The van der Waals surface area contributed by atoms with Crippen molar-refractivity contribution in [1.29, 1.82) is 0 Å². The van der Waals surface area contributed by atoms with Crippen molar-refractivity contribution < 1.29 is 28.9 Å². The van der Waals surface area contributed by atoms with Crippen molar-refractivity contribution in [3.05, 3.63) is 60.7 Å². The Morgan fingerprint density at radius 2 is 1.93 bits per heavy atom. The molecule has 2 bridgehead atoms. The maximum absolute atomic E-state index is 11.4. The fourth-order valence-corrected chi connectivity index (χ4v) is 3.98. The average molecular weight is 394 g/mol. The molecule has 3 saturated heterocycles. The van der Waals surface area contributed by atoms with Gasteiger partial charge in [-0.15, -0.1) is 0 Å². The van der Waals surface area contributed by atoms with Crippen LogP contribution in [0.3, 0.4) is 0 Å². The molecule has 6 heteroatoms. The normalized spacial score (nSPS) is 28.4. The first kappa shape index (κ1) is 19.2. The lowest BCUT2D eigenvalue weighted by Crippen LogP contribution is -2.40. The van der Waals surface area contributed by atoms with Crippen LogP contribution in [-0.4, -0.2) is 41.5 Å². The molecule has 3 aliphatic heterocycles. The zero-order chi connectivity index (χ0) is 20.7. The number of phenols is 1. The monoisotopic (exact) mass is 394 g/mol. The molecule has 0 amide bonds. The summed E-state index contributed by atoms with van der Waals surface area (Å²) in [5.41, 5.74) is 1.43. The number of aromatic hydroxyl groups is 1. The number of ether oxygens (including phenoxy) is 3. The van der Waals surface area contributed by atoms with E-state index in [1.165, 1.54) is 0 Å². The summed E-state index contributed by atoms with van der Waals surface area (Å²) in [6.07, 6.45) is 1.10. The van der Waals surface area contributed by atoms with Gasteiger partial charge < -0.3 is 19.3 Å². The van der Waals surface area contributed by atoms with Crippen molar-refractivity contribution in [2.45, 2.75) is 37.8 Å². The Kier molecular flexibility index (Phi) is 4.88. The number of hydrogen-bond acceptors (Lipinski definition) is 6. The van der Waals surface area contributed by atoms with Crippen LogP contribution in [0.4, 0.5) is 0 Å². The van der Waals surface area contributed by atoms with Crippen LogP contribution in [0.15, 0.2) is 55.1 Å². The molecule has 2 aromatic rings. The minimum Gasteiger partial charge on any atom is -0.508 e. The standard InChI is InChI=1S/C12H10O.C11H12O5/c1-2-9-3-4-11-8-12(13)6-5-10(11)7-9;1-4(2)10(12)15-8-6-3-5-7(14-6)9(8)16-11(5)13/h2-8,13H,1H2;5-9H,1,3H2,2H3. The summed E-state index contributed by atoms with van der Waals surface area (Å²) in [6.45, 7) is 8.80. The van der Waals surface area contributed by atoms with E-state index < -0.39 is 18.2 Å². The summed E-state index contributed by atoms with van der Waals surface area (Å²) in [6, 6.07) is 11.3. The first-order valence-corrected chi connectivity index (χ1v) is 9.45. The third kappa shape index (κ3) is 3.51. The van der Waals surface area contributed by atoms with Gasteiger partial charge in [0.2, 0.25) is 0 Å². The van der Waals surface area contributed by atoms with Gasteiger partial charge in [-0.2, -0.15) is 0 Å². The first-order chi connectivity index (χ1) is 13.9. The van der Waals surface area contributed by atoms with Crippen molar-refractivity contribution in [3.8, 4) is 5.75 Å². The Balaban J connectivity index is 0.000000145. The molecule has 6 nitrogen and oxygen atoms in total. The molecule has 5 atom stereocenters. The highest BCUT2D eigenvalue weighted by Crippen LogP contribution is 2.47. The molecule has 5 unspecified atom stereocenters. The van der Waals surface area contributed by atoms with Gasteiger partial charge in [-0.1, -0.05) is 37.4 Å². The molecular formula is C23H22O6.